The number of hydrogen-bond acceptors (Lipinski definition) is 3. The van der Waals surface area contributed by atoms with E-state index >= 15 is 0 Å². The number of thiophene rings is 1. The van der Waals surface area contributed by atoms with Crippen molar-refractivity contribution in [2.45, 2.75) is 0 Å². The Kier molecular flexibility index (Phi) is 7.37. The fraction of sp³-hybridized carbons (Fsp3) is 0. The first-order valence-corrected chi connectivity index (χ1v) is 18.4. The van der Waals surface area contributed by atoms with Crippen LogP contribution in [0.4, 0.5) is 17.1 Å². The van der Waals surface area contributed by atoms with Gasteiger partial charge >= 0.3 is 0 Å². The van der Waals surface area contributed by atoms with Gasteiger partial charge in [0.1, 0.15) is 0 Å². The van der Waals surface area contributed by atoms with E-state index in [1.54, 1.807) is 0 Å². The van der Waals surface area contributed by atoms with Gasteiger partial charge < -0.3 is 4.90 Å². The normalized spacial score (nSPS) is 11.5. The average Bonchev–Trinajstić information content (AvgIpc) is 3.61. The van der Waals surface area contributed by atoms with Crippen LogP contribution in [-0.4, -0.2) is 4.98 Å². The minimum Gasteiger partial charge on any atom is -0.311 e. The summed E-state index contributed by atoms with van der Waals surface area (Å²) < 4.78 is 2.63. The summed E-state index contributed by atoms with van der Waals surface area (Å²) in [5.74, 6) is 0. The quantitative estimate of drug-likeness (QED) is 0.163. The first-order chi connectivity index (χ1) is 25.8. The molecule has 0 unspecified atom stereocenters. The number of aromatic nitrogens is 1. The van der Waals surface area contributed by atoms with E-state index in [0.29, 0.717) is 0 Å². The van der Waals surface area contributed by atoms with E-state index in [9.17, 15) is 0 Å². The molecule has 0 spiro atoms. The Hall–Kier alpha value is -6.55. The van der Waals surface area contributed by atoms with Crippen LogP contribution in [0.15, 0.2) is 194 Å². The number of benzene rings is 8. The lowest BCUT2D eigenvalue weighted by Crippen LogP contribution is -2.09. The Morgan fingerprint density at radius 1 is 0.346 bits per heavy atom. The van der Waals surface area contributed by atoms with Crippen LogP contribution in [0.1, 0.15) is 0 Å². The van der Waals surface area contributed by atoms with Crippen molar-refractivity contribution in [2.75, 3.05) is 4.90 Å². The molecule has 0 fully saturated rings. The van der Waals surface area contributed by atoms with E-state index < -0.39 is 0 Å². The van der Waals surface area contributed by atoms with E-state index in [1.165, 1.54) is 58.6 Å². The predicted octanol–water partition coefficient (Wildman–Crippen LogP) is 14.2. The zero-order chi connectivity index (χ0) is 34.4. The zero-order valence-corrected chi connectivity index (χ0v) is 29.1. The summed E-state index contributed by atoms with van der Waals surface area (Å²) in [6, 6.07) is 69.6. The predicted molar refractivity (Wildman–Crippen MR) is 223 cm³/mol. The summed E-state index contributed by atoms with van der Waals surface area (Å²) in [4.78, 5) is 7.63. The fourth-order valence-corrected chi connectivity index (χ4v) is 8.78. The molecular formula is C49H32N2S. The molecule has 2 heterocycles. The molecule has 10 rings (SSSR count). The smallest absolute Gasteiger partial charge is 0.0788 e. The Bertz CT molecular complexity index is 2780. The van der Waals surface area contributed by atoms with Crippen molar-refractivity contribution in [3.05, 3.63) is 194 Å². The third-order valence-corrected chi connectivity index (χ3v) is 11.3. The number of anilines is 3. The summed E-state index contributed by atoms with van der Waals surface area (Å²) in [6.45, 7) is 0. The third kappa shape index (κ3) is 5.22. The van der Waals surface area contributed by atoms with Crippen LogP contribution in [0.25, 0.3) is 75.4 Å². The van der Waals surface area contributed by atoms with Gasteiger partial charge in [-0.1, -0.05) is 146 Å². The molecule has 2 nitrogen and oxygen atoms in total. The molecule has 0 saturated heterocycles. The molecule has 0 aliphatic carbocycles. The maximum Gasteiger partial charge on any atom is 0.0788 e. The van der Waals surface area contributed by atoms with Crippen molar-refractivity contribution >= 4 is 70.2 Å². The van der Waals surface area contributed by atoms with E-state index in [4.69, 9.17) is 4.98 Å². The monoisotopic (exact) mass is 680 g/mol. The first-order valence-electron chi connectivity index (χ1n) is 17.6. The van der Waals surface area contributed by atoms with Gasteiger partial charge in [0, 0.05) is 59.0 Å². The summed E-state index contributed by atoms with van der Waals surface area (Å²) in [6.07, 6.45) is 0. The van der Waals surface area contributed by atoms with Crippen LogP contribution in [0, 0.1) is 0 Å². The van der Waals surface area contributed by atoms with E-state index in [0.717, 1.165) is 33.8 Å². The Morgan fingerprint density at radius 2 is 0.808 bits per heavy atom. The molecule has 52 heavy (non-hydrogen) atoms. The lowest BCUT2D eigenvalue weighted by Gasteiger charge is -2.26. The van der Waals surface area contributed by atoms with Crippen molar-refractivity contribution in [2.24, 2.45) is 0 Å². The molecule has 0 atom stereocenters. The van der Waals surface area contributed by atoms with Crippen molar-refractivity contribution in [3.63, 3.8) is 0 Å². The zero-order valence-electron chi connectivity index (χ0n) is 28.3. The van der Waals surface area contributed by atoms with Crippen LogP contribution < -0.4 is 4.90 Å². The van der Waals surface area contributed by atoms with Crippen LogP contribution in [-0.2, 0) is 0 Å². The molecule has 0 aliphatic rings. The standard InChI is InChI=1S/C49H32N2S/c1-3-11-33(12-4-1)35-19-25-38(26-20-35)51(39-27-21-36(22-28-39)34-13-5-2-6-14-34)40-29-23-37(24-30-40)48-44-32-31-42-41-15-8-10-18-46(41)52-49(42)47(44)43-16-7-9-17-45(43)50-48/h1-32H. The second-order valence-electron chi connectivity index (χ2n) is 13.1. The molecule has 0 N–H and O–H groups in total. The number of nitrogens with zero attached hydrogens (tertiary/aromatic N) is 2. The Labute approximate surface area is 306 Å². The van der Waals surface area contributed by atoms with Gasteiger partial charge in [0.2, 0.25) is 0 Å². The number of rotatable bonds is 6. The molecule has 10 aromatic rings. The molecule has 244 valence electrons. The highest BCUT2D eigenvalue weighted by atomic mass is 32.1. The maximum atomic E-state index is 5.29. The van der Waals surface area contributed by atoms with Crippen LogP contribution >= 0.6 is 11.3 Å². The van der Waals surface area contributed by atoms with Crippen LogP contribution in [0.5, 0.6) is 0 Å². The van der Waals surface area contributed by atoms with Crippen LogP contribution in [0.2, 0.25) is 0 Å². The summed E-state index contributed by atoms with van der Waals surface area (Å²) >= 11 is 1.88. The van der Waals surface area contributed by atoms with Gasteiger partial charge in [-0.25, -0.2) is 4.98 Å². The molecule has 8 aromatic carbocycles. The summed E-state index contributed by atoms with van der Waals surface area (Å²) in [5.41, 5.74) is 11.2. The molecule has 0 amide bonds. The van der Waals surface area contributed by atoms with Gasteiger partial charge in [-0.05, 0) is 70.8 Å². The van der Waals surface area contributed by atoms with E-state index in [2.05, 4.69) is 199 Å². The third-order valence-electron chi connectivity index (χ3n) is 10.1. The van der Waals surface area contributed by atoms with Crippen molar-refractivity contribution < 1.29 is 0 Å². The van der Waals surface area contributed by atoms with Gasteiger partial charge in [0.05, 0.1) is 11.2 Å². The van der Waals surface area contributed by atoms with Gasteiger partial charge in [0.15, 0.2) is 0 Å². The summed E-state index contributed by atoms with van der Waals surface area (Å²) in [7, 11) is 0. The molecule has 0 radical (unpaired) electrons. The molecular weight excluding hydrogens is 649 g/mol. The average molecular weight is 681 g/mol. The number of para-hydroxylation sites is 1. The fourth-order valence-electron chi connectivity index (χ4n) is 7.52. The van der Waals surface area contributed by atoms with Crippen LogP contribution in [0.3, 0.4) is 0 Å². The van der Waals surface area contributed by atoms with Crippen molar-refractivity contribution in [1.82, 2.24) is 4.98 Å². The first kappa shape index (κ1) is 30.3. The molecule has 3 heteroatoms. The number of hydrogen-bond donors (Lipinski definition) is 0. The lowest BCUT2D eigenvalue weighted by atomic mass is 9.98. The second kappa shape index (κ2) is 12.6. The summed E-state index contributed by atoms with van der Waals surface area (Å²) in [5, 5.41) is 6.26. The molecule has 0 aliphatic heterocycles. The molecule has 2 aromatic heterocycles. The van der Waals surface area contributed by atoms with Gasteiger partial charge in [-0.15, -0.1) is 11.3 Å². The topological polar surface area (TPSA) is 16.1 Å². The lowest BCUT2D eigenvalue weighted by molar-refractivity contribution is 1.28. The SMILES string of the molecule is c1ccc(-c2ccc(N(c3ccc(-c4ccccc4)cc3)c3ccc(-c4nc5ccccc5c5c4ccc4c6ccccc6sc45)cc3)cc2)cc1. The largest absolute Gasteiger partial charge is 0.311 e. The maximum absolute atomic E-state index is 5.29. The van der Waals surface area contributed by atoms with Gasteiger partial charge in [-0.3, -0.25) is 0 Å². The highest BCUT2D eigenvalue weighted by Gasteiger charge is 2.18. The van der Waals surface area contributed by atoms with E-state index in [-0.39, 0.29) is 0 Å². The van der Waals surface area contributed by atoms with Gasteiger partial charge in [-0.2, -0.15) is 0 Å². The second-order valence-corrected chi connectivity index (χ2v) is 14.2. The number of fused-ring (bicyclic) bond motifs is 7. The minimum absolute atomic E-state index is 1.01. The van der Waals surface area contributed by atoms with Crippen molar-refractivity contribution in [1.29, 1.82) is 0 Å². The highest BCUT2D eigenvalue weighted by Crippen LogP contribution is 2.44. The van der Waals surface area contributed by atoms with Crippen molar-refractivity contribution in [3.8, 4) is 33.5 Å². The Balaban J connectivity index is 1.10. The molecule has 0 bridgehead atoms. The minimum atomic E-state index is 1.01. The Morgan fingerprint density at radius 3 is 1.40 bits per heavy atom. The molecule has 0 saturated carbocycles. The number of pyridine rings is 1. The van der Waals surface area contributed by atoms with E-state index in [1.807, 2.05) is 11.3 Å². The highest BCUT2D eigenvalue weighted by molar-refractivity contribution is 7.26. The van der Waals surface area contributed by atoms with Gasteiger partial charge in [0.25, 0.3) is 0 Å².